The highest BCUT2D eigenvalue weighted by Gasteiger charge is 2.20. The van der Waals surface area contributed by atoms with E-state index in [-0.39, 0.29) is 16.2 Å². The molecule has 0 fully saturated rings. The molecule has 0 aromatic heterocycles. The second kappa shape index (κ2) is 16.6. The van der Waals surface area contributed by atoms with E-state index in [1.54, 1.807) is 0 Å². The summed E-state index contributed by atoms with van der Waals surface area (Å²) in [6, 6.07) is 41.7. The quantitative estimate of drug-likeness (QED) is 0.0942. The first-order valence-electron chi connectivity index (χ1n) is 15.9. The van der Waals surface area contributed by atoms with Crippen LogP contribution in [-0.4, -0.2) is 0 Å². The van der Waals surface area contributed by atoms with Gasteiger partial charge in [-0.2, -0.15) is 0 Å². The van der Waals surface area contributed by atoms with Gasteiger partial charge in [0.2, 0.25) is 0 Å². The number of nitrogen functional groups attached to an aromatic ring is 1. The maximum absolute atomic E-state index is 5.55. The van der Waals surface area contributed by atoms with Crippen molar-refractivity contribution in [3.63, 3.8) is 0 Å². The number of nitrogens with one attached hydrogen (secondary N) is 2. The van der Waals surface area contributed by atoms with Crippen LogP contribution in [0.3, 0.4) is 0 Å². The van der Waals surface area contributed by atoms with Crippen molar-refractivity contribution in [2.45, 2.75) is 71.6 Å². The average molecular weight is 804 g/mol. The zero-order valence-electron chi connectivity index (χ0n) is 29.1. The van der Waals surface area contributed by atoms with Crippen LogP contribution in [0.2, 0.25) is 0 Å². The number of rotatable bonds is 5. The Balaban J connectivity index is 0.000000256. The highest BCUT2D eigenvalue weighted by Crippen LogP contribution is 2.28. The second-order valence-corrected chi connectivity index (χ2v) is 16.6. The van der Waals surface area contributed by atoms with Gasteiger partial charge in [0.15, 0.2) is 0 Å². The number of halogens is 2. The number of benzene rings is 5. The summed E-state index contributed by atoms with van der Waals surface area (Å²) in [5.41, 5.74) is 14.9. The van der Waals surface area contributed by atoms with E-state index in [1.165, 1.54) is 20.3 Å². The Morgan fingerprint density at radius 2 is 0.936 bits per heavy atom. The van der Waals surface area contributed by atoms with Crippen molar-refractivity contribution in [2.24, 2.45) is 0 Å². The van der Waals surface area contributed by atoms with Crippen molar-refractivity contribution in [3.05, 3.63) is 153 Å². The van der Waals surface area contributed by atoms with Gasteiger partial charge in [-0.15, -0.1) is 0 Å². The topological polar surface area (TPSA) is 50.1 Å². The van der Waals surface area contributed by atoms with Crippen LogP contribution >= 0.6 is 38.5 Å². The molecule has 0 amide bonds. The van der Waals surface area contributed by atoms with Crippen LogP contribution in [0, 0.1) is 10.5 Å². The Morgan fingerprint density at radius 3 is 1.28 bits per heavy atom. The van der Waals surface area contributed by atoms with Crippen LogP contribution < -0.4 is 16.4 Å². The maximum Gasteiger partial charge on any atom is 0.125 e. The molecular weight excluding hydrogens is 753 g/mol. The third kappa shape index (κ3) is 13.3. The summed E-state index contributed by atoms with van der Waals surface area (Å²) in [5.74, 6) is 0. The van der Waals surface area contributed by atoms with Crippen molar-refractivity contribution in [2.75, 3.05) is 16.4 Å². The Hall–Kier alpha value is -3.42. The normalized spacial score (nSPS) is 11.4. The summed E-state index contributed by atoms with van der Waals surface area (Å²) in [7, 11) is 0. The number of hydrogen-bond donors (Lipinski definition) is 3. The lowest BCUT2D eigenvalue weighted by atomic mass is 9.87. The second-order valence-electron chi connectivity index (χ2n) is 14.4. The molecule has 47 heavy (non-hydrogen) atoms. The van der Waals surface area contributed by atoms with Gasteiger partial charge < -0.3 is 16.4 Å². The molecule has 0 aliphatic rings. The van der Waals surface area contributed by atoms with E-state index < -0.39 is 0 Å². The van der Waals surface area contributed by atoms with E-state index in [4.69, 9.17) is 5.73 Å². The maximum atomic E-state index is 5.55. The monoisotopic (exact) mass is 802 g/mol. The number of nitrogens with two attached hydrogens (primary N) is 1. The van der Waals surface area contributed by atoms with Crippen molar-refractivity contribution < 1.29 is 0 Å². The standard InChI is InChI=1S/C26H32N2.C10H14N.C6H4BrI/c1-25(2,3)19-10-14-21(15-11-19)27-23-8-7-9-24(18-23)28-22-16-12-20(13-17-22)26(4,5)6;1-10(2,3)8-4-6-9(11)7-5-8;7-5-2-1-3-6(8)4-5/h7-18,27-28H,1-6H3;4-7H,1,11H2,2-3H3;1-4H/q;+1;. The highest BCUT2D eigenvalue weighted by atomic mass is 127. The fraction of sp³-hybridized carbons (Fsp3) is 0.262. The van der Waals surface area contributed by atoms with Gasteiger partial charge in [0.25, 0.3) is 0 Å². The number of hydrogen-bond acceptors (Lipinski definition) is 3. The molecule has 0 saturated carbocycles. The first-order valence-corrected chi connectivity index (χ1v) is 17.7. The molecule has 0 radical (unpaired) electrons. The van der Waals surface area contributed by atoms with Crippen LogP contribution in [0.5, 0.6) is 0 Å². The summed E-state index contributed by atoms with van der Waals surface area (Å²) in [5, 5.41) is 7.00. The van der Waals surface area contributed by atoms with Gasteiger partial charge in [-0.3, -0.25) is 0 Å². The molecule has 5 heteroatoms. The van der Waals surface area contributed by atoms with Crippen LogP contribution in [0.15, 0.2) is 126 Å². The van der Waals surface area contributed by atoms with Gasteiger partial charge in [0, 0.05) is 42.0 Å². The Bertz CT molecular complexity index is 1580. The van der Waals surface area contributed by atoms with Crippen LogP contribution in [0.1, 0.15) is 72.1 Å². The highest BCUT2D eigenvalue weighted by molar-refractivity contribution is 14.1. The Morgan fingerprint density at radius 1 is 0.532 bits per heavy atom. The minimum atomic E-state index is -0.0201. The molecule has 246 valence electrons. The molecule has 4 N–H and O–H groups in total. The third-order valence-corrected chi connectivity index (χ3v) is 8.58. The third-order valence-electron chi connectivity index (χ3n) is 7.42. The molecule has 5 aromatic carbocycles. The van der Waals surface area contributed by atoms with Gasteiger partial charge in [-0.25, -0.2) is 0 Å². The molecule has 0 aliphatic carbocycles. The first kappa shape index (κ1) is 38.0. The minimum absolute atomic E-state index is 0.0201. The van der Waals surface area contributed by atoms with Crippen molar-refractivity contribution in [1.82, 2.24) is 0 Å². The minimum Gasteiger partial charge on any atom is -0.399 e. The molecule has 0 bridgehead atoms. The molecule has 3 nitrogen and oxygen atoms in total. The van der Waals surface area contributed by atoms with Gasteiger partial charge in [-0.05, 0) is 131 Å². The van der Waals surface area contributed by atoms with Gasteiger partial charge in [0.05, 0.1) is 6.92 Å². The lowest BCUT2D eigenvalue weighted by Gasteiger charge is -2.19. The summed E-state index contributed by atoms with van der Waals surface area (Å²) in [4.78, 5) is 0. The molecule has 0 aliphatic heterocycles. The largest absolute Gasteiger partial charge is 0.399 e. The lowest BCUT2D eigenvalue weighted by molar-refractivity contribution is 0.590. The number of anilines is 5. The van der Waals surface area contributed by atoms with E-state index in [1.807, 2.05) is 36.4 Å². The molecule has 0 saturated heterocycles. The summed E-state index contributed by atoms with van der Waals surface area (Å²) < 4.78 is 2.40. The predicted octanol–water partition coefficient (Wildman–Crippen LogP) is 13.2. The summed E-state index contributed by atoms with van der Waals surface area (Å²) in [6.07, 6.45) is 0. The first-order chi connectivity index (χ1) is 21.9. The summed E-state index contributed by atoms with van der Waals surface area (Å²) in [6.45, 7) is 21.6. The molecular formula is C42H50BrIN3+. The van der Waals surface area contributed by atoms with Crippen LogP contribution in [0.25, 0.3) is 0 Å². The molecule has 0 unspecified atom stereocenters. The predicted molar refractivity (Wildman–Crippen MR) is 219 cm³/mol. The SMILES string of the molecule is Brc1cccc(I)c1.CC(C)(C)c1ccc(Nc2cccc(Nc3ccc(C(C)(C)C)cc3)c2)cc1.[CH2+]C(C)(C)c1ccc(N)cc1. The fourth-order valence-electron chi connectivity index (χ4n) is 4.51. The summed E-state index contributed by atoms with van der Waals surface area (Å²) >= 11 is 5.63. The zero-order valence-corrected chi connectivity index (χ0v) is 32.8. The Labute approximate surface area is 306 Å². The van der Waals surface area contributed by atoms with E-state index in [0.29, 0.717) is 0 Å². The Kier molecular flexibility index (Phi) is 13.4. The van der Waals surface area contributed by atoms with E-state index in [9.17, 15) is 0 Å². The lowest BCUT2D eigenvalue weighted by Crippen LogP contribution is -2.11. The molecule has 0 heterocycles. The molecule has 0 atom stereocenters. The molecule has 5 aromatic rings. The average Bonchev–Trinajstić information content (AvgIpc) is 2.97. The van der Waals surface area contributed by atoms with Gasteiger partial charge in [0.1, 0.15) is 5.41 Å². The van der Waals surface area contributed by atoms with Crippen LogP contribution in [-0.2, 0) is 16.2 Å². The molecule has 5 rings (SSSR count). The van der Waals surface area contributed by atoms with Gasteiger partial charge in [-0.1, -0.05) is 106 Å². The van der Waals surface area contributed by atoms with E-state index >= 15 is 0 Å². The van der Waals surface area contributed by atoms with Gasteiger partial charge >= 0.3 is 0 Å². The smallest absolute Gasteiger partial charge is 0.125 e. The molecule has 0 spiro atoms. The zero-order chi connectivity index (χ0) is 34.8. The van der Waals surface area contributed by atoms with Crippen molar-refractivity contribution >= 4 is 67.0 Å². The van der Waals surface area contributed by atoms with Crippen LogP contribution in [0.4, 0.5) is 28.4 Å². The van der Waals surface area contributed by atoms with Crippen molar-refractivity contribution in [3.8, 4) is 0 Å². The van der Waals surface area contributed by atoms with E-state index in [2.05, 4.69) is 196 Å². The fourth-order valence-corrected chi connectivity index (χ4v) is 5.88. The van der Waals surface area contributed by atoms with E-state index in [0.717, 1.165) is 32.9 Å². The van der Waals surface area contributed by atoms with Crippen molar-refractivity contribution in [1.29, 1.82) is 0 Å².